The van der Waals surface area contributed by atoms with Crippen molar-refractivity contribution in [3.05, 3.63) is 34.7 Å². The zero-order valence-corrected chi connectivity index (χ0v) is 14.8. The predicted molar refractivity (Wildman–Crippen MR) is 94.1 cm³/mol. The molecule has 1 N–H and O–H groups in total. The molecule has 0 spiro atoms. The van der Waals surface area contributed by atoms with Crippen molar-refractivity contribution in [2.75, 3.05) is 37.6 Å². The summed E-state index contributed by atoms with van der Waals surface area (Å²) < 4.78 is 0. The number of hydrogen-bond donors (Lipinski definition) is 1. The van der Waals surface area contributed by atoms with Gasteiger partial charge in [0.15, 0.2) is 0 Å². The maximum absolute atomic E-state index is 12.4. The number of aromatic nitrogens is 3. The lowest BCUT2D eigenvalue weighted by Gasteiger charge is -2.35. The van der Waals surface area contributed by atoms with Crippen molar-refractivity contribution in [3.63, 3.8) is 0 Å². The molecule has 8 heteroatoms. The minimum Gasteiger partial charge on any atom is -0.352 e. The number of piperazine rings is 1. The molecule has 2 aromatic heterocycles. The summed E-state index contributed by atoms with van der Waals surface area (Å²) >= 11 is 1.66. The van der Waals surface area contributed by atoms with E-state index >= 15 is 0 Å². The highest BCUT2D eigenvalue weighted by Crippen LogP contribution is 2.18. The Morgan fingerprint density at radius 3 is 2.67 bits per heavy atom. The summed E-state index contributed by atoms with van der Waals surface area (Å²) in [5.41, 5.74) is 0. The Labute approximate surface area is 145 Å². The fourth-order valence-corrected chi connectivity index (χ4v) is 3.45. The van der Waals surface area contributed by atoms with Crippen LogP contribution in [0.15, 0.2) is 24.8 Å². The summed E-state index contributed by atoms with van der Waals surface area (Å²) in [6, 6.07) is 0.0912. The van der Waals surface area contributed by atoms with Gasteiger partial charge >= 0.3 is 0 Å². The second-order valence-electron chi connectivity index (χ2n) is 5.84. The van der Waals surface area contributed by atoms with Gasteiger partial charge < -0.3 is 9.80 Å². The lowest BCUT2D eigenvalue weighted by molar-refractivity contribution is -0.130. The molecular formula is C16H22N6OS. The highest BCUT2D eigenvalue weighted by molar-refractivity contribution is 7.11. The molecular weight excluding hydrogens is 324 g/mol. The molecule has 0 unspecified atom stereocenters. The van der Waals surface area contributed by atoms with Crippen LogP contribution in [0.25, 0.3) is 0 Å². The van der Waals surface area contributed by atoms with Crippen LogP contribution < -0.4 is 10.2 Å². The third-order valence-corrected chi connectivity index (χ3v) is 5.17. The molecule has 0 aromatic carbocycles. The van der Waals surface area contributed by atoms with Crippen molar-refractivity contribution >= 4 is 23.1 Å². The maximum Gasteiger partial charge on any atom is 0.236 e. The molecule has 24 heavy (non-hydrogen) atoms. The van der Waals surface area contributed by atoms with Gasteiger partial charge in [-0.1, -0.05) is 0 Å². The van der Waals surface area contributed by atoms with Crippen LogP contribution in [0.2, 0.25) is 0 Å². The number of thiazole rings is 1. The van der Waals surface area contributed by atoms with Gasteiger partial charge in [0, 0.05) is 49.6 Å². The molecule has 3 heterocycles. The van der Waals surface area contributed by atoms with E-state index in [0.717, 1.165) is 23.9 Å². The summed E-state index contributed by atoms with van der Waals surface area (Å²) in [7, 11) is 0. The molecule has 2 aromatic rings. The Morgan fingerprint density at radius 1 is 1.25 bits per heavy atom. The van der Waals surface area contributed by atoms with Crippen LogP contribution in [0.4, 0.5) is 5.82 Å². The number of anilines is 1. The van der Waals surface area contributed by atoms with Gasteiger partial charge in [-0.15, -0.1) is 11.3 Å². The Hall–Kier alpha value is -2.06. The van der Waals surface area contributed by atoms with Crippen molar-refractivity contribution in [2.45, 2.75) is 19.9 Å². The number of carbonyl (C=O) groups excluding carboxylic acids is 1. The Kier molecular flexibility index (Phi) is 5.37. The molecule has 1 saturated heterocycles. The Morgan fingerprint density at radius 2 is 2.04 bits per heavy atom. The smallest absolute Gasteiger partial charge is 0.236 e. The van der Waals surface area contributed by atoms with Crippen LogP contribution in [-0.2, 0) is 4.79 Å². The lowest BCUT2D eigenvalue weighted by Crippen LogP contribution is -2.51. The molecule has 0 saturated carbocycles. The number of carbonyl (C=O) groups is 1. The van der Waals surface area contributed by atoms with E-state index < -0.39 is 0 Å². The van der Waals surface area contributed by atoms with Crippen molar-refractivity contribution in [1.29, 1.82) is 0 Å². The van der Waals surface area contributed by atoms with Crippen LogP contribution in [0, 0.1) is 6.92 Å². The monoisotopic (exact) mass is 346 g/mol. The molecule has 1 fully saturated rings. The first-order chi connectivity index (χ1) is 11.6. The van der Waals surface area contributed by atoms with Crippen LogP contribution in [0.3, 0.4) is 0 Å². The first-order valence-corrected chi connectivity index (χ1v) is 8.89. The molecule has 128 valence electrons. The summed E-state index contributed by atoms with van der Waals surface area (Å²) in [5.74, 6) is 1.00. The van der Waals surface area contributed by atoms with E-state index in [1.807, 2.05) is 24.9 Å². The summed E-state index contributed by atoms with van der Waals surface area (Å²) in [6.45, 7) is 7.40. The number of rotatable bonds is 5. The van der Waals surface area contributed by atoms with E-state index in [1.54, 1.807) is 29.9 Å². The largest absolute Gasteiger partial charge is 0.352 e. The fraction of sp³-hybridized carbons (Fsp3) is 0.500. The normalized spacial score (nSPS) is 16.2. The van der Waals surface area contributed by atoms with Gasteiger partial charge in [-0.25, -0.2) is 9.97 Å². The number of amides is 1. The summed E-state index contributed by atoms with van der Waals surface area (Å²) in [6.07, 6.45) is 6.99. The van der Waals surface area contributed by atoms with E-state index in [1.165, 1.54) is 4.88 Å². The fourth-order valence-electron chi connectivity index (χ4n) is 2.65. The highest BCUT2D eigenvalue weighted by atomic mass is 32.1. The van der Waals surface area contributed by atoms with Gasteiger partial charge in [0.1, 0.15) is 10.8 Å². The SMILES string of the molecule is Cc1cnc([C@@H](C)NCC(=O)N2CCN(c3cnccn3)CC2)s1. The molecule has 1 amide bonds. The second kappa shape index (κ2) is 7.67. The third-order valence-electron chi connectivity index (χ3n) is 4.07. The van der Waals surface area contributed by atoms with Gasteiger partial charge in [-0.05, 0) is 13.8 Å². The molecule has 0 radical (unpaired) electrons. The van der Waals surface area contributed by atoms with Gasteiger partial charge in [-0.3, -0.25) is 15.1 Å². The average Bonchev–Trinajstić information content (AvgIpc) is 3.07. The zero-order valence-electron chi connectivity index (χ0n) is 14.0. The summed E-state index contributed by atoms with van der Waals surface area (Å²) in [4.78, 5) is 30.4. The molecule has 3 rings (SSSR count). The van der Waals surface area contributed by atoms with Crippen LogP contribution in [0.1, 0.15) is 22.9 Å². The van der Waals surface area contributed by atoms with E-state index in [-0.39, 0.29) is 11.9 Å². The highest BCUT2D eigenvalue weighted by Gasteiger charge is 2.22. The first kappa shape index (κ1) is 16.8. The van der Waals surface area contributed by atoms with Crippen molar-refractivity contribution in [3.8, 4) is 0 Å². The van der Waals surface area contributed by atoms with Gasteiger partial charge in [-0.2, -0.15) is 0 Å². The Balaban J connectivity index is 1.45. The van der Waals surface area contributed by atoms with Crippen LogP contribution >= 0.6 is 11.3 Å². The van der Waals surface area contributed by atoms with Gasteiger partial charge in [0.25, 0.3) is 0 Å². The second-order valence-corrected chi connectivity index (χ2v) is 7.11. The van der Waals surface area contributed by atoms with E-state index in [4.69, 9.17) is 0 Å². The molecule has 1 aliphatic heterocycles. The maximum atomic E-state index is 12.4. The van der Waals surface area contributed by atoms with Crippen molar-refractivity contribution in [2.24, 2.45) is 0 Å². The molecule has 1 atom stereocenters. The van der Waals surface area contributed by atoms with E-state index in [9.17, 15) is 4.79 Å². The van der Waals surface area contributed by atoms with Crippen molar-refractivity contribution in [1.82, 2.24) is 25.2 Å². The summed E-state index contributed by atoms with van der Waals surface area (Å²) in [5, 5.41) is 4.29. The molecule has 0 bridgehead atoms. The molecule has 0 aliphatic carbocycles. The van der Waals surface area contributed by atoms with Gasteiger partial charge in [0.2, 0.25) is 5.91 Å². The first-order valence-electron chi connectivity index (χ1n) is 8.08. The minimum absolute atomic E-state index is 0.0912. The number of hydrogen-bond acceptors (Lipinski definition) is 7. The standard InChI is InChI=1S/C16H22N6OS/c1-12-9-20-16(24-12)13(2)19-11-15(23)22-7-5-21(6-8-22)14-10-17-3-4-18-14/h3-4,9-10,13,19H,5-8,11H2,1-2H3/t13-/m1/s1. The van der Waals surface area contributed by atoms with Crippen LogP contribution in [-0.4, -0.2) is 58.5 Å². The van der Waals surface area contributed by atoms with Crippen LogP contribution in [0.5, 0.6) is 0 Å². The number of nitrogens with one attached hydrogen (secondary N) is 1. The van der Waals surface area contributed by atoms with Gasteiger partial charge in [0.05, 0.1) is 18.8 Å². The Bertz CT molecular complexity index is 668. The minimum atomic E-state index is 0.0912. The molecule has 1 aliphatic rings. The molecule has 7 nitrogen and oxygen atoms in total. The van der Waals surface area contributed by atoms with E-state index in [0.29, 0.717) is 19.6 Å². The topological polar surface area (TPSA) is 74.2 Å². The number of nitrogens with zero attached hydrogens (tertiary/aromatic N) is 5. The predicted octanol–water partition coefficient (Wildman–Crippen LogP) is 1.24. The van der Waals surface area contributed by atoms with Crippen molar-refractivity contribution < 1.29 is 4.79 Å². The van der Waals surface area contributed by atoms with E-state index in [2.05, 4.69) is 25.2 Å². The lowest BCUT2D eigenvalue weighted by atomic mass is 10.3. The number of aryl methyl sites for hydroxylation is 1. The zero-order chi connectivity index (χ0) is 16.9. The third kappa shape index (κ3) is 4.07. The quantitative estimate of drug-likeness (QED) is 0.878. The average molecular weight is 346 g/mol.